The summed E-state index contributed by atoms with van der Waals surface area (Å²) in [6.45, 7) is 2.16. The van der Waals surface area contributed by atoms with Crippen molar-refractivity contribution in [1.82, 2.24) is 24.8 Å². The van der Waals surface area contributed by atoms with Gasteiger partial charge in [0.25, 0.3) is 0 Å². The van der Waals surface area contributed by atoms with Crippen LogP contribution >= 0.6 is 0 Å². The molecule has 26 heavy (non-hydrogen) atoms. The molecule has 1 N–H and O–H groups in total. The Morgan fingerprint density at radius 1 is 0.923 bits per heavy atom. The number of hydrogen-bond acceptors (Lipinski definition) is 6. The molecule has 1 aliphatic rings. The number of hydrogen-bond donors (Lipinski definition) is 1. The molecule has 0 amide bonds. The molecule has 1 atom stereocenters. The first kappa shape index (κ1) is 16.6. The average molecular weight is 346 g/mol. The second kappa shape index (κ2) is 8.01. The van der Waals surface area contributed by atoms with Gasteiger partial charge in [-0.2, -0.15) is 0 Å². The highest BCUT2D eigenvalue weighted by atomic mass is 15.2. The van der Waals surface area contributed by atoms with E-state index in [9.17, 15) is 0 Å². The number of anilines is 2. The predicted molar refractivity (Wildman–Crippen MR) is 101 cm³/mol. The zero-order valence-electron chi connectivity index (χ0n) is 14.6. The normalized spacial score (nSPS) is 17.3. The standard InChI is InChI=1S/C20H22N6/c1-2-6-16(7-3-1)10-15-26-14-4-8-18(26)17-9-13-23-20(24-17)25-19-21-11-5-12-22-19/h1-3,5-7,9,11-13,18H,4,8,10,14-15H2,(H,21,22,23,24,25)/t18-/m0/s1. The van der Waals surface area contributed by atoms with E-state index in [1.165, 1.54) is 12.0 Å². The van der Waals surface area contributed by atoms with E-state index in [2.05, 4.69) is 55.5 Å². The van der Waals surface area contributed by atoms with Crippen LogP contribution in [0.1, 0.15) is 30.1 Å². The second-order valence-corrected chi connectivity index (χ2v) is 6.43. The van der Waals surface area contributed by atoms with Crippen LogP contribution in [0.5, 0.6) is 0 Å². The minimum Gasteiger partial charge on any atom is -0.294 e. The van der Waals surface area contributed by atoms with Gasteiger partial charge in [-0.25, -0.2) is 19.9 Å². The molecule has 1 fully saturated rings. The summed E-state index contributed by atoms with van der Waals surface area (Å²) in [6.07, 6.45) is 8.59. The fourth-order valence-electron chi connectivity index (χ4n) is 3.43. The van der Waals surface area contributed by atoms with Crippen LogP contribution in [-0.4, -0.2) is 37.9 Å². The molecule has 2 aromatic heterocycles. The topological polar surface area (TPSA) is 66.8 Å². The Kier molecular flexibility index (Phi) is 5.12. The summed E-state index contributed by atoms with van der Waals surface area (Å²) < 4.78 is 0. The molecule has 0 bridgehead atoms. The summed E-state index contributed by atoms with van der Waals surface area (Å²) in [7, 11) is 0. The van der Waals surface area contributed by atoms with Gasteiger partial charge in [0.1, 0.15) is 0 Å². The molecule has 1 aromatic carbocycles. The number of aromatic nitrogens is 4. The first-order valence-electron chi connectivity index (χ1n) is 9.03. The fraction of sp³-hybridized carbons (Fsp3) is 0.300. The van der Waals surface area contributed by atoms with E-state index in [1.807, 2.05) is 6.07 Å². The van der Waals surface area contributed by atoms with Gasteiger partial charge in [-0.05, 0) is 43.5 Å². The van der Waals surface area contributed by atoms with Crippen LogP contribution in [-0.2, 0) is 6.42 Å². The third-order valence-corrected chi connectivity index (χ3v) is 4.70. The highest BCUT2D eigenvalue weighted by Crippen LogP contribution is 2.31. The highest BCUT2D eigenvalue weighted by molar-refractivity contribution is 5.41. The lowest BCUT2D eigenvalue weighted by molar-refractivity contribution is 0.256. The van der Waals surface area contributed by atoms with Crippen molar-refractivity contribution in [3.05, 3.63) is 72.3 Å². The van der Waals surface area contributed by atoms with Crippen LogP contribution in [0.2, 0.25) is 0 Å². The van der Waals surface area contributed by atoms with Crippen molar-refractivity contribution in [2.45, 2.75) is 25.3 Å². The minimum absolute atomic E-state index is 0.346. The molecule has 0 saturated carbocycles. The smallest absolute Gasteiger partial charge is 0.229 e. The van der Waals surface area contributed by atoms with Crippen LogP contribution in [0.3, 0.4) is 0 Å². The minimum atomic E-state index is 0.346. The van der Waals surface area contributed by atoms with Gasteiger partial charge in [0.05, 0.1) is 11.7 Å². The van der Waals surface area contributed by atoms with E-state index in [4.69, 9.17) is 4.98 Å². The zero-order valence-corrected chi connectivity index (χ0v) is 14.6. The first-order valence-corrected chi connectivity index (χ1v) is 9.03. The van der Waals surface area contributed by atoms with E-state index in [0.29, 0.717) is 17.9 Å². The number of rotatable bonds is 6. The Morgan fingerprint density at radius 2 is 1.73 bits per heavy atom. The maximum absolute atomic E-state index is 4.71. The predicted octanol–water partition coefficient (Wildman–Crippen LogP) is 3.39. The van der Waals surface area contributed by atoms with Crippen molar-refractivity contribution in [3.63, 3.8) is 0 Å². The maximum atomic E-state index is 4.71. The quantitative estimate of drug-likeness (QED) is 0.738. The van der Waals surface area contributed by atoms with E-state index >= 15 is 0 Å². The molecule has 0 spiro atoms. The Morgan fingerprint density at radius 3 is 2.58 bits per heavy atom. The molecular formula is C20H22N6. The van der Waals surface area contributed by atoms with E-state index in [0.717, 1.165) is 31.6 Å². The Balaban J connectivity index is 1.44. The van der Waals surface area contributed by atoms with Crippen molar-refractivity contribution < 1.29 is 0 Å². The molecule has 1 saturated heterocycles. The SMILES string of the molecule is c1ccc(CCN2CCC[C@H]2c2ccnc(Nc3ncccn3)n2)cc1. The van der Waals surface area contributed by atoms with Gasteiger partial charge in [-0.3, -0.25) is 10.2 Å². The molecule has 1 aliphatic heterocycles. The Hall–Kier alpha value is -2.86. The monoisotopic (exact) mass is 346 g/mol. The molecule has 3 aromatic rings. The van der Waals surface area contributed by atoms with Crippen molar-refractivity contribution in [2.75, 3.05) is 18.4 Å². The van der Waals surface area contributed by atoms with Gasteiger partial charge in [-0.15, -0.1) is 0 Å². The molecule has 6 heteroatoms. The second-order valence-electron chi connectivity index (χ2n) is 6.43. The van der Waals surface area contributed by atoms with Crippen molar-refractivity contribution in [2.24, 2.45) is 0 Å². The Labute approximate surface area is 153 Å². The van der Waals surface area contributed by atoms with Gasteiger partial charge in [0.15, 0.2) is 0 Å². The maximum Gasteiger partial charge on any atom is 0.229 e. The summed E-state index contributed by atoms with van der Waals surface area (Å²) >= 11 is 0. The third-order valence-electron chi connectivity index (χ3n) is 4.70. The molecule has 4 rings (SSSR count). The molecule has 132 valence electrons. The van der Waals surface area contributed by atoms with E-state index in [-0.39, 0.29) is 0 Å². The molecule has 0 unspecified atom stereocenters. The van der Waals surface area contributed by atoms with Gasteiger partial charge >= 0.3 is 0 Å². The number of likely N-dealkylation sites (tertiary alicyclic amines) is 1. The van der Waals surface area contributed by atoms with Crippen LogP contribution in [0.25, 0.3) is 0 Å². The van der Waals surface area contributed by atoms with Crippen molar-refractivity contribution in [3.8, 4) is 0 Å². The zero-order chi connectivity index (χ0) is 17.6. The lowest BCUT2D eigenvalue weighted by Crippen LogP contribution is -2.26. The first-order chi connectivity index (χ1) is 12.9. The number of benzene rings is 1. The molecular weight excluding hydrogens is 324 g/mol. The highest BCUT2D eigenvalue weighted by Gasteiger charge is 2.27. The lowest BCUT2D eigenvalue weighted by atomic mass is 10.1. The van der Waals surface area contributed by atoms with Gasteiger partial charge in [0, 0.05) is 25.1 Å². The number of nitrogens with one attached hydrogen (secondary N) is 1. The summed E-state index contributed by atoms with van der Waals surface area (Å²) in [5, 5.41) is 3.08. The van der Waals surface area contributed by atoms with Crippen LogP contribution in [0.15, 0.2) is 61.1 Å². The van der Waals surface area contributed by atoms with Crippen LogP contribution < -0.4 is 5.32 Å². The van der Waals surface area contributed by atoms with E-state index in [1.54, 1.807) is 24.7 Å². The van der Waals surface area contributed by atoms with Crippen molar-refractivity contribution >= 4 is 11.9 Å². The molecule has 6 nitrogen and oxygen atoms in total. The lowest BCUT2D eigenvalue weighted by Gasteiger charge is -2.24. The molecule has 3 heterocycles. The fourth-order valence-corrected chi connectivity index (χ4v) is 3.43. The summed E-state index contributed by atoms with van der Waals surface area (Å²) in [4.78, 5) is 19.9. The van der Waals surface area contributed by atoms with Crippen LogP contribution in [0.4, 0.5) is 11.9 Å². The molecule has 0 aliphatic carbocycles. The summed E-state index contributed by atoms with van der Waals surface area (Å²) in [6, 6.07) is 14.8. The number of nitrogens with zero attached hydrogens (tertiary/aromatic N) is 5. The largest absolute Gasteiger partial charge is 0.294 e. The van der Waals surface area contributed by atoms with Gasteiger partial charge < -0.3 is 0 Å². The Bertz CT molecular complexity index is 824. The van der Waals surface area contributed by atoms with Crippen molar-refractivity contribution in [1.29, 1.82) is 0 Å². The average Bonchev–Trinajstić information content (AvgIpc) is 3.17. The van der Waals surface area contributed by atoms with E-state index < -0.39 is 0 Å². The summed E-state index contributed by atoms with van der Waals surface area (Å²) in [5.41, 5.74) is 2.44. The third kappa shape index (κ3) is 4.03. The van der Waals surface area contributed by atoms with Gasteiger partial charge in [-0.1, -0.05) is 30.3 Å². The van der Waals surface area contributed by atoms with Gasteiger partial charge in [0.2, 0.25) is 11.9 Å². The van der Waals surface area contributed by atoms with Crippen LogP contribution in [0, 0.1) is 0 Å². The summed E-state index contributed by atoms with van der Waals surface area (Å²) in [5.74, 6) is 1.06. The molecule has 0 radical (unpaired) electrons.